The van der Waals surface area contributed by atoms with Crippen LogP contribution in [0.1, 0.15) is 10.4 Å². The van der Waals surface area contributed by atoms with E-state index >= 15 is 0 Å². The molecule has 44 heavy (non-hydrogen) atoms. The van der Waals surface area contributed by atoms with Gasteiger partial charge in [0.15, 0.2) is 5.43 Å². The monoisotopic (exact) mass is 952 g/mol. The summed E-state index contributed by atoms with van der Waals surface area (Å²) in [7, 11) is 9.58. The first-order valence-corrected chi connectivity index (χ1v) is 26.0. The number of carboxylic acids is 1. The van der Waals surface area contributed by atoms with Gasteiger partial charge in [-0.3, -0.25) is 4.79 Å². The molecular weight excluding hydrogens is 937 g/mol. The molecule has 0 spiro atoms. The van der Waals surface area contributed by atoms with Gasteiger partial charge in [0.2, 0.25) is 0 Å². The van der Waals surface area contributed by atoms with E-state index in [4.69, 9.17) is 5.11 Å². The Kier molecular flexibility index (Phi) is 24.8. The largest absolute Gasteiger partial charge is 0.478 e. The highest BCUT2D eigenvalue weighted by molar-refractivity contribution is 9.10. The molecule has 1 heterocycles. The Morgan fingerprint density at radius 1 is 0.659 bits per heavy atom. The topological polar surface area (TPSA) is 54.4 Å². The second-order valence-electron chi connectivity index (χ2n) is 7.16. The molecule has 5 aromatic rings. The Labute approximate surface area is 321 Å². The van der Waals surface area contributed by atoms with Crippen molar-refractivity contribution < 1.29 is 9.90 Å². The van der Waals surface area contributed by atoms with Crippen LogP contribution in [-0.4, -0.2) is 11.1 Å². The van der Waals surface area contributed by atoms with Gasteiger partial charge in [-0.2, -0.15) is 0 Å². The molecule has 1 N–H and O–H groups in total. The second kappa shape index (κ2) is 26.0. The van der Waals surface area contributed by atoms with Crippen LogP contribution in [0.25, 0.3) is 20.2 Å². The molecule has 0 aliphatic rings. The number of fused-ring (bicyclic) bond motifs is 2. The summed E-state index contributed by atoms with van der Waals surface area (Å²) < 4.78 is 4.16. The van der Waals surface area contributed by atoms with E-state index in [0.29, 0.717) is 4.90 Å². The standard InChI is InChI=1S/C13H7BrOS.C7H6O2S.C6H5Br.S6.S5/c14-8-5-6-12-10(7-8)13(15)9-3-1-2-4-11(9)16-12;8-7(9)5-3-1-2-4-6(5)10;7-6-4-2-1-3-5-6;1-3-5-6-4-2;1-3-5-4-2/h1-7H;1-4,10H,(H,8,9);1-5H;;. The number of rotatable bonds is 1. The molecule has 0 unspecified atom stereocenters. The van der Waals surface area contributed by atoms with Crippen molar-refractivity contribution in [2.45, 2.75) is 4.90 Å². The second-order valence-corrected chi connectivity index (χ2v) is 22.9. The summed E-state index contributed by atoms with van der Waals surface area (Å²) >= 11 is 30.2. The van der Waals surface area contributed by atoms with Crippen LogP contribution in [0.15, 0.2) is 116 Å². The zero-order valence-corrected chi connectivity index (χ0v) is 35.5. The van der Waals surface area contributed by atoms with Gasteiger partial charge >= 0.3 is 5.97 Å². The average Bonchev–Trinajstić information content (AvgIpc) is 3.03. The third kappa shape index (κ3) is 17.2. The molecule has 232 valence electrons. The molecule has 0 aliphatic carbocycles. The summed E-state index contributed by atoms with van der Waals surface area (Å²) in [5.74, 6) is -0.939. The van der Waals surface area contributed by atoms with Gasteiger partial charge in [0.05, 0.1) is 5.56 Å². The maximum absolute atomic E-state index is 12.2. The number of carboxylic acid groups (broad SMARTS) is 1. The minimum Gasteiger partial charge on any atom is -0.478 e. The average molecular weight is 955 g/mol. The number of halogens is 2. The Hall–Kier alpha value is -0.0300. The number of thiol groups is 1. The van der Waals surface area contributed by atoms with Crippen molar-refractivity contribution in [1.82, 2.24) is 0 Å². The first kappa shape index (κ1) is 42.0. The molecule has 0 radical (unpaired) electrons. The summed E-state index contributed by atoms with van der Waals surface area (Å²) in [6, 6.07) is 30.1. The van der Waals surface area contributed by atoms with Crippen molar-refractivity contribution in [2.24, 2.45) is 0 Å². The van der Waals surface area contributed by atoms with Crippen molar-refractivity contribution >= 4 is 189 Å². The molecule has 0 saturated heterocycles. The number of carbonyl (C=O) groups is 1. The van der Waals surface area contributed by atoms with Crippen molar-refractivity contribution in [2.75, 3.05) is 0 Å². The van der Waals surface area contributed by atoms with E-state index in [0.717, 1.165) is 29.1 Å². The van der Waals surface area contributed by atoms with Crippen LogP contribution in [0, 0.1) is 0 Å². The van der Waals surface area contributed by atoms with Crippen LogP contribution in [0.3, 0.4) is 0 Å². The van der Waals surface area contributed by atoms with Gasteiger partial charge in [-0.15, -0.1) is 24.0 Å². The van der Waals surface area contributed by atoms with E-state index in [1.165, 1.54) is 68.2 Å². The fourth-order valence-electron chi connectivity index (χ4n) is 2.88. The third-order valence-corrected chi connectivity index (χ3v) is 18.2. The number of aromatic carboxylic acids is 1. The molecule has 0 atom stereocenters. The smallest absolute Gasteiger partial charge is 0.336 e. The summed E-state index contributed by atoms with van der Waals surface area (Å²) in [4.78, 5) is 23.1. The lowest BCUT2D eigenvalue weighted by Gasteiger charge is -2.00. The van der Waals surface area contributed by atoms with Crippen LogP contribution in [0.2, 0.25) is 0 Å². The molecule has 0 fully saturated rings. The maximum atomic E-state index is 12.2. The number of hydrogen-bond donors (Lipinski definition) is 2. The normalized spacial score (nSPS) is 8.98. The van der Waals surface area contributed by atoms with Crippen molar-refractivity contribution in [3.8, 4) is 0 Å². The van der Waals surface area contributed by atoms with Crippen molar-refractivity contribution in [1.29, 1.82) is 0 Å². The quantitative estimate of drug-likeness (QED) is 0.130. The van der Waals surface area contributed by atoms with Crippen LogP contribution in [-0.2, 0) is 107 Å². The fraction of sp³-hybridized carbons (Fsp3) is 0. The van der Waals surface area contributed by atoms with Crippen LogP contribution in [0.5, 0.6) is 0 Å². The van der Waals surface area contributed by atoms with Gasteiger partial charge in [0, 0.05) is 141 Å². The van der Waals surface area contributed by atoms with E-state index in [1.807, 2.05) is 72.8 Å². The van der Waals surface area contributed by atoms with E-state index in [-0.39, 0.29) is 11.0 Å². The van der Waals surface area contributed by atoms with Crippen LogP contribution in [0.4, 0.5) is 0 Å². The highest BCUT2D eigenvalue weighted by atomic mass is 79.9. The van der Waals surface area contributed by atoms with Gasteiger partial charge in [0.1, 0.15) is 0 Å². The highest BCUT2D eigenvalue weighted by Gasteiger charge is 2.05. The first-order chi connectivity index (χ1) is 21.2. The third-order valence-electron chi connectivity index (χ3n) is 4.54. The predicted octanol–water partition coefficient (Wildman–Crippen LogP) is 8.27. The summed E-state index contributed by atoms with van der Waals surface area (Å²) in [5, 5.41) is 10.1. The lowest BCUT2D eigenvalue weighted by Crippen LogP contribution is -2.00. The molecule has 0 amide bonds. The Morgan fingerprint density at radius 2 is 1.18 bits per heavy atom. The van der Waals surface area contributed by atoms with Crippen molar-refractivity contribution in [3.63, 3.8) is 0 Å². The van der Waals surface area contributed by atoms with Crippen LogP contribution >= 0.6 is 55.8 Å². The van der Waals surface area contributed by atoms with Crippen LogP contribution < -0.4 is 5.43 Å². The van der Waals surface area contributed by atoms with Gasteiger partial charge in [0.25, 0.3) is 0 Å². The first-order valence-electron chi connectivity index (χ1n) is 11.2. The van der Waals surface area contributed by atoms with E-state index in [1.54, 1.807) is 29.5 Å². The van der Waals surface area contributed by atoms with Gasteiger partial charge in [-0.1, -0.05) is 74.3 Å². The lowest BCUT2D eigenvalue weighted by atomic mass is 10.2. The zero-order valence-electron chi connectivity index (χ0n) is 21.6. The summed E-state index contributed by atoms with van der Waals surface area (Å²) in [6.45, 7) is 0. The van der Waals surface area contributed by atoms with Gasteiger partial charge < -0.3 is 5.11 Å². The summed E-state index contributed by atoms with van der Waals surface area (Å²) in [6.07, 6.45) is 0. The fourth-order valence-corrected chi connectivity index (χ4v) is 13.1. The van der Waals surface area contributed by atoms with Gasteiger partial charge in [-0.25, -0.2) is 4.79 Å². The zero-order chi connectivity index (χ0) is 32.7. The maximum Gasteiger partial charge on any atom is 0.336 e. The minimum absolute atomic E-state index is 0.116. The van der Waals surface area contributed by atoms with E-state index in [9.17, 15) is 9.59 Å². The molecule has 1 aromatic heterocycles. The molecule has 5 rings (SSSR count). The SMILES string of the molecule is Brc1ccccc1.O=C(O)c1ccccc1S.O=c1c2ccccc2sc2ccc(Br)cc12.S=S=S=S=S.S=S=S=S=S=S. The minimum atomic E-state index is -0.939. The molecule has 3 nitrogen and oxygen atoms in total. The highest BCUT2D eigenvalue weighted by Crippen LogP contribution is 2.26. The number of benzene rings is 4. The predicted molar refractivity (Wildman–Crippen MR) is 229 cm³/mol. The molecule has 18 heteroatoms. The molecular formula is C26H18Br2O3S13. The molecule has 0 aliphatic heterocycles. The van der Waals surface area contributed by atoms with E-state index < -0.39 is 5.97 Å². The Bertz CT molecular complexity index is 2020. The lowest BCUT2D eigenvalue weighted by molar-refractivity contribution is 0.0693. The van der Waals surface area contributed by atoms with Crippen molar-refractivity contribution in [3.05, 3.63) is 122 Å². The summed E-state index contributed by atoms with van der Waals surface area (Å²) in [5.41, 5.74) is 0.358. The van der Waals surface area contributed by atoms with Gasteiger partial charge in [-0.05, 0) is 54.6 Å². The molecule has 0 saturated carbocycles. The molecule has 4 aromatic carbocycles. The Balaban J connectivity index is 0.000000299. The van der Waals surface area contributed by atoms with E-state index in [2.05, 4.69) is 89.2 Å². The molecule has 0 bridgehead atoms. The Morgan fingerprint density at radius 3 is 1.66 bits per heavy atom. The number of hydrogen-bond acceptors (Lipinski definition) is 8.